The van der Waals surface area contributed by atoms with Crippen LogP contribution in [0.2, 0.25) is 0 Å². The van der Waals surface area contributed by atoms with Gasteiger partial charge in [0.2, 0.25) is 5.91 Å². The Balaban J connectivity index is 1.62. The van der Waals surface area contributed by atoms with Crippen LogP contribution in [0.5, 0.6) is 5.75 Å². The van der Waals surface area contributed by atoms with Gasteiger partial charge in [-0.15, -0.1) is 0 Å². The molecular weight excluding hydrogens is 400 g/mol. The Hall–Kier alpha value is -3.13. The molecule has 0 unspecified atom stereocenters. The molecule has 2 aromatic carbocycles. The van der Waals surface area contributed by atoms with Crippen LogP contribution < -0.4 is 20.3 Å². The van der Waals surface area contributed by atoms with Crippen LogP contribution in [-0.4, -0.2) is 55.1 Å². The second kappa shape index (κ2) is 10.1. The van der Waals surface area contributed by atoms with Gasteiger partial charge in [-0.25, -0.2) is 0 Å². The van der Waals surface area contributed by atoms with Crippen molar-refractivity contribution in [1.82, 2.24) is 10.2 Å². The van der Waals surface area contributed by atoms with Crippen LogP contribution in [0.3, 0.4) is 0 Å². The predicted molar refractivity (Wildman–Crippen MR) is 122 cm³/mol. The molecule has 0 aliphatic carbocycles. The highest BCUT2D eigenvalue weighted by Gasteiger charge is 2.22. The Labute approximate surface area is 182 Å². The number of anilines is 2. The number of thiocarbonyl (C=S) groups is 1. The zero-order chi connectivity index (χ0) is 21.5. The summed E-state index contributed by atoms with van der Waals surface area (Å²) in [6.45, 7) is 4.76. The summed E-state index contributed by atoms with van der Waals surface area (Å²) in [6, 6.07) is 14.6. The number of ether oxygens (including phenoxy) is 1. The minimum atomic E-state index is -0.292. The summed E-state index contributed by atoms with van der Waals surface area (Å²) in [5.41, 5.74) is 2.29. The molecule has 0 bridgehead atoms. The summed E-state index contributed by atoms with van der Waals surface area (Å²) in [5, 5.41) is 6.06. The average Bonchev–Trinajstić information content (AvgIpc) is 2.79. The summed E-state index contributed by atoms with van der Waals surface area (Å²) in [7, 11) is 1.58. The minimum absolute atomic E-state index is 0.184. The normalized spacial score (nSPS) is 13.5. The number of rotatable bonds is 5. The summed E-state index contributed by atoms with van der Waals surface area (Å²) in [5.74, 6) is 0.574. The molecule has 1 heterocycles. The highest BCUT2D eigenvalue weighted by Crippen LogP contribution is 2.26. The SMILES string of the molecule is CCC(=O)N1CCN(c2ccccc2NC(=S)NC(=O)c2ccc(OC)cc2)CC1. The zero-order valence-electron chi connectivity index (χ0n) is 17.2. The number of carbonyl (C=O) groups excluding carboxylic acids is 2. The van der Waals surface area contributed by atoms with E-state index < -0.39 is 0 Å². The fourth-order valence-corrected chi connectivity index (χ4v) is 3.55. The molecule has 3 rings (SSSR count). The van der Waals surface area contributed by atoms with Crippen molar-refractivity contribution in [2.45, 2.75) is 13.3 Å². The first-order chi connectivity index (χ1) is 14.5. The van der Waals surface area contributed by atoms with Gasteiger partial charge < -0.3 is 19.9 Å². The molecule has 158 valence electrons. The van der Waals surface area contributed by atoms with Gasteiger partial charge in [0, 0.05) is 38.2 Å². The third-order valence-corrected chi connectivity index (χ3v) is 5.21. The maximum Gasteiger partial charge on any atom is 0.257 e. The fourth-order valence-electron chi connectivity index (χ4n) is 3.35. The van der Waals surface area contributed by atoms with Gasteiger partial charge in [0.1, 0.15) is 5.75 Å². The molecular formula is C22H26N4O3S. The number of nitrogens with zero attached hydrogens (tertiary/aromatic N) is 2. The smallest absolute Gasteiger partial charge is 0.257 e. The lowest BCUT2D eigenvalue weighted by Crippen LogP contribution is -2.48. The van der Waals surface area contributed by atoms with Crippen molar-refractivity contribution in [3.05, 3.63) is 54.1 Å². The van der Waals surface area contributed by atoms with Crippen molar-refractivity contribution in [2.24, 2.45) is 0 Å². The molecule has 2 aromatic rings. The summed E-state index contributed by atoms with van der Waals surface area (Å²) in [6.07, 6.45) is 0.528. The highest BCUT2D eigenvalue weighted by atomic mass is 32.1. The van der Waals surface area contributed by atoms with Crippen molar-refractivity contribution >= 4 is 40.5 Å². The van der Waals surface area contributed by atoms with Crippen molar-refractivity contribution in [1.29, 1.82) is 0 Å². The molecule has 2 amide bonds. The zero-order valence-corrected chi connectivity index (χ0v) is 18.0. The number of hydrogen-bond acceptors (Lipinski definition) is 5. The van der Waals surface area contributed by atoms with Crippen LogP contribution in [0.4, 0.5) is 11.4 Å². The van der Waals surface area contributed by atoms with Gasteiger partial charge in [0.15, 0.2) is 5.11 Å². The first-order valence-electron chi connectivity index (χ1n) is 9.90. The minimum Gasteiger partial charge on any atom is -0.497 e. The molecule has 0 saturated carbocycles. The molecule has 8 heteroatoms. The third kappa shape index (κ3) is 5.27. The van der Waals surface area contributed by atoms with Crippen LogP contribution >= 0.6 is 12.2 Å². The van der Waals surface area contributed by atoms with Crippen molar-refractivity contribution in [3.63, 3.8) is 0 Å². The van der Waals surface area contributed by atoms with Gasteiger partial charge in [-0.1, -0.05) is 19.1 Å². The Morgan fingerprint density at radius 2 is 1.70 bits per heavy atom. The molecule has 1 fully saturated rings. The van der Waals surface area contributed by atoms with Crippen LogP contribution in [0.25, 0.3) is 0 Å². The van der Waals surface area contributed by atoms with Gasteiger partial charge in [0.25, 0.3) is 5.91 Å². The molecule has 0 spiro atoms. The third-order valence-electron chi connectivity index (χ3n) is 5.01. The molecule has 30 heavy (non-hydrogen) atoms. The van der Waals surface area contributed by atoms with E-state index in [1.807, 2.05) is 36.1 Å². The molecule has 1 saturated heterocycles. The number of carbonyl (C=O) groups is 2. The molecule has 0 atom stereocenters. The number of piperazine rings is 1. The van der Waals surface area contributed by atoms with Crippen LogP contribution in [0, 0.1) is 0 Å². The lowest BCUT2D eigenvalue weighted by molar-refractivity contribution is -0.131. The average molecular weight is 427 g/mol. The predicted octanol–water partition coefficient (Wildman–Crippen LogP) is 2.88. The monoisotopic (exact) mass is 426 g/mol. The molecule has 1 aliphatic heterocycles. The van der Waals surface area contributed by atoms with E-state index in [1.54, 1.807) is 31.4 Å². The topological polar surface area (TPSA) is 73.9 Å². The Kier molecular flexibility index (Phi) is 7.24. The van der Waals surface area contributed by atoms with Gasteiger partial charge in [-0.2, -0.15) is 0 Å². The number of para-hydroxylation sites is 2. The maximum absolute atomic E-state index is 12.4. The quantitative estimate of drug-likeness (QED) is 0.717. The van der Waals surface area contributed by atoms with E-state index in [0.717, 1.165) is 24.5 Å². The molecule has 0 aromatic heterocycles. The highest BCUT2D eigenvalue weighted by molar-refractivity contribution is 7.80. The van der Waals surface area contributed by atoms with Crippen LogP contribution in [0.15, 0.2) is 48.5 Å². The van der Waals surface area contributed by atoms with E-state index in [9.17, 15) is 9.59 Å². The fraction of sp³-hybridized carbons (Fsp3) is 0.318. The van der Waals surface area contributed by atoms with E-state index in [4.69, 9.17) is 17.0 Å². The molecule has 0 radical (unpaired) electrons. The molecule has 2 N–H and O–H groups in total. The summed E-state index contributed by atoms with van der Waals surface area (Å²) in [4.78, 5) is 28.5. The van der Waals surface area contributed by atoms with Crippen LogP contribution in [0.1, 0.15) is 23.7 Å². The number of hydrogen-bond donors (Lipinski definition) is 2. The standard InChI is InChI=1S/C22H26N4O3S/c1-3-20(27)26-14-12-25(13-15-26)19-7-5-4-6-18(19)23-22(30)24-21(28)16-8-10-17(29-2)11-9-16/h4-11H,3,12-15H2,1-2H3,(H2,23,24,28,30). The number of nitrogens with one attached hydrogen (secondary N) is 2. The number of benzene rings is 2. The summed E-state index contributed by atoms with van der Waals surface area (Å²) >= 11 is 5.35. The first-order valence-corrected chi connectivity index (χ1v) is 10.3. The molecule has 7 nitrogen and oxygen atoms in total. The lowest BCUT2D eigenvalue weighted by atomic mass is 10.2. The number of amides is 2. The lowest BCUT2D eigenvalue weighted by Gasteiger charge is -2.37. The Bertz CT molecular complexity index is 909. The van der Waals surface area contributed by atoms with E-state index >= 15 is 0 Å². The van der Waals surface area contributed by atoms with Crippen molar-refractivity contribution in [3.8, 4) is 5.75 Å². The second-order valence-corrected chi connectivity index (χ2v) is 7.28. The second-order valence-electron chi connectivity index (χ2n) is 6.88. The van der Waals surface area contributed by atoms with Gasteiger partial charge in [0.05, 0.1) is 18.5 Å². The van der Waals surface area contributed by atoms with E-state index in [2.05, 4.69) is 15.5 Å². The Morgan fingerprint density at radius 1 is 1.03 bits per heavy atom. The largest absolute Gasteiger partial charge is 0.497 e. The van der Waals surface area contributed by atoms with Crippen LogP contribution in [-0.2, 0) is 4.79 Å². The first kappa shape index (κ1) is 21.6. The Morgan fingerprint density at radius 3 is 2.33 bits per heavy atom. The number of methoxy groups -OCH3 is 1. The molecule has 1 aliphatic rings. The van der Waals surface area contributed by atoms with Gasteiger partial charge >= 0.3 is 0 Å². The van der Waals surface area contributed by atoms with Crippen molar-refractivity contribution < 1.29 is 14.3 Å². The van der Waals surface area contributed by atoms with Gasteiger partial charge in [-0.3, -0.25) is 14.9 Å². The van der Waals surface area contributed by atoms with Crippen molar-refractivity contribution in [2.75, 3.05) is 43.5 Å². The van der Waals surface area contributed by atoms with E-state index in [-0.39, 0.29) is 16.9 Å². The van der Waals surface area contributed by atoms with E-state index in [1.165, 1.54) is 0 Å². The van der Waals surface area contributed by atoms with Gasteiger partial charge in [-0.05, 0) is 48.6 Å². The maximum atomic E-state index is 12.4. The van der Waals surface area contributed by atoms with E-state index in [0.29, 0.717) is 30.8 Å². The summed E-state index contributed by atoms with van der Waals surface area (Å²) < 4.78 is 5.11.